The molecule has 0 radical (unpaired) electrons. The van der Waals surface area contributed by atoms with Crippen LogP contribution in [0.1, 0.15) is 27.2 Å². The minimum Gasteiger partial charge on any atom is -0.373 e. The van der Waals surface area contributed by atoms with Gasteiger partial charge in [0, 0.05) is 11.8 Å². The fourth-order valence-electron chi connectivity index (χ4n) is 1.34. The first-order chi connectivity index (χ1) is 6.51. The molecule has 0 saturated carbocycles. The van der Waals surface area contributed by atoms with E-state index in [9.17, 15) is 0 Å². The topological polar surface area (TPSA) is 9.23 Å². The summed E-state index contributed by atoms with van der Waals surface area (Å²) in [4.78, 5) is 0.135. The third kappa shape index (κ3) is 6.49. The summed E-state index contributed by atoms with van der Waals surface area (Å²) in [6.07, 6.45) is 1.29. The van der Waals surface area contributed by atoms with E-state index in [2.05, 4.69) is 36.7 Å². The summed E-state index contributed by atoms with van der Waals surface area (Å²) in [6.45, 7) is 6.44. The van der Waals surface area contributed by atoms with Gasteiger partial charge in [-0.25, -0.2) is 0 Å². The molecular weight excluding hydrogens is 287 g/mol. The molecule has 0 aliphatic rings. The van der Waals surface area contributed by atoms with E-state index in [1.54, 1.807) is 0 Å². The monoisotopic (exact) mass is 304 g/mol. The molecule has 0 bridgehead atoms. The molecule has 0 heterocycles. The van der Waals surface area contributed by atoms with E-state index in [-0.39, 0.29) is 17.0 Å². The van der Waals surface area contributed by atoms with Crippen LogP contribution >= 0.6 is 39.1 Å². The summed E-state index contributed by atoms with van der Waals surface area (Å²) in [5.74, 6) is 1.64. The molecule has 1 nitrogen and oxygen atoms in total. The first-order valence-electron chi connectivity index (χ1n) is 4.92. The van der Waals surface area contributed by atoms with Crippen molar-refractivity contribution >= 4 is 39.1 Å². The minimum absolute atomic E-state index is 0.00270. The van der Waals surface area contributed by atoms with E-state index >= 15 is 0 Å². The van der Waals surface area contributed by atoms with Gasteiger partial charge in [-0.15, -0.1) is 23.2 Å². The molecule has 0 fully saturated rings. The summed E-state index contributed by atoms with van der Waals surface area (Å²) in [6, 6.07) is 0. The van der Waals surface area contributed by atoms with Crippen LogP contribution in [0.5, 0.6) is 0 Å². The second-order valence-electron chi connectivity index (χ2n) is 3.94. The smallest absolute Gasteiger partial charge is 0.0850 e. The maximum Gasteiger partial charge on any atom is 0.0850 e. The second-order valence-corrected chi connectivity index (χ2v) is 5.73. The predicted molar refractivity (Wildman–Crippen MR) is 67.9 cm³/mol. The van der Waals surface area contributed by atoms with Gasteiger partial charge in [0.05, 0.1) is 17.0 Å². The van der Waals surface area contributed by atoms with Gasteiger partial charge in [-0.2, -0.15) is 0 Å². The van der Waals surface area contributed by atoms with Crippen LogP contribution in [0.25, 0.3) is 0 Å². The maximum absolute atomic E-state index is 5.81. The molecule has 14 heavy (non-hydrogen) atoms. The molecule has 0 rings (SSSR count). The molecule has 3 unspecified atom stereocenters. The van der Waals surface area contributed by atoms with Crippen LogP contribution in [0.2, 0.25) is 0 Å². The quantitative estimate of drug-likeness (QED) is 0.645. The Morgan fingerprint density at radius 3 is 2.07 bits per heavy atom. The van der Waals surface area contributed by atoms with Gasteiger partial charge in [0.2, 0.25) is 0 Å². The van der Waals surface area contributed by atoms with Gasteiger partial charge in [-0.1, -0.05) is 29.8 Å². The first-order valence-corrected chi connectivity index (χ1v) is 6.91. The summed E-state index contributed by atoms with van der Waals surface area (Å²) in [7, 11) is 0. The van der Waals surface area contributed by atoms with Gasteiger partial charge in [-0.3, -0.25) is 0 Å². The lowest BCUT2D eigenvalue weighted by Gasteiger charge is -2.24. The Bertz CT molecular complexity index is 144. The van der Waals surface area contributed by atoms with E-state index in [0.717, 1.165) is 6.42 Å². The van der Waals surface area contributed by atoms with Crippen LogP contribution in [0, 0.1) is 5.92 Å². The lowest BCUT2D eigenvalue weighted by atomic mass is 10.1. The van der Waals surface area contributed by atoms with Crippen LogP contribution in [-0.4, -0.2) is 28.8 Å². The zero-order chi connectivity index (χ0) is 11.1. The van der Waals surface area contributed by atoms with Crippen molar-refractivity contribution in [3.05, 3.63) is 0 Å². The predicted octanol–water partition coefficient (Wildman–Crippen LogP) is 4.05. The van der Waals surface area contributed by atoms with Crippen molar-refractivity contribution in [1.29, 1.82) is 0 Å². The van der Waals surface area contributed by atoms with Gasteiger partial charge in [0.25, 0.3) is 0 Å². The van der Waals surface area contributed by atoms with Crippen molar-refractivity contribution in [2.24, 2.45) is 5.92 Å². The standard InChI is InChI=1S/C10H19BrCl2O/c1-7(2)4-8(3)14-10(6-13)9(11)5-12/h7-10H,4-6H2,1-3H3. The zero-order valence-electron chi connectivity index (χ0n) is 8.97. The number of halogens is 3. The molecule has 0 aromatic rings. The van der Waals surface area contributed by atoms with Crippen LogP contribution in [0.4, 0.5) is 0 Å². The third-order valence-electron chi connectivity index (χ3n) is 1.91. The van der Waals surface area contributed by atoms with Gasteiger partial charge in [0.15, 0.2) is 0 Å². The minimum atomic E-state index is 0.00270. The van der Waals surface area contributed by atoms with Gasteiger partial charge in [-0.05, 0) is 19.3 Å². The van der Waals surface area contributed by atoms with Gasteiger partial charge < -0.3 is 4.74 Å². The molecule has 0 aromatic heterocycles. The fourth-order valence-corrected chi connectivity index (χ4v) is 2.35. The zero-order valence-corrected chi connectivity index (χ0v) is 12.1. The molecule has 4 heteroatoms. The van der Waals surface area contributed by atoms with Crippen LogP contribution in [0.15, 0.2) is 0 Å². The molecule has 0 aromatic carbocycles. The lowest BCUT2D eigenvalue weighted by molar-refractivity contribution is 0.00256. The molecule has 3 atom stereocenters. The summed E-state index contributed by atoms with van der Waals surface area (Å²) in [5, 5.41) is 0. The van der Waals surface area contributed by atoms with E-state index in [4.69, 9.17) is 27.9 Å². The largest absolute Gasteiger partial charge is 0.373 e. The Hall–Kier alpha value is 1.02. The SMILES string of the molecule is CC(C)CC(C)OC(CCl)C(Br)CCl. The molecule has 0 spiro atoms. The number of alkyl halides is 3. The molecular formula is C10H19BrCl2O. The fraction of sp³-hybridized carbons (Fsp3) is 1.00. The van der Waals surface area contributed by atoms with Gasteiger partial charge >= 0.3 is 0 Å². The van der Waals surface area contributed by atoms with Crippen molar-refractivity contribution in [2.45, 2.75) is 44.2 Å². The lowest BCUT2D eigenvalue weighted by Crippen LogP contribution is -2.31. The highest BCUT2D eigenvalue weighted by Crippen LogP contribution is 2.17. The van der Waals surface area contributed by atoms with Crippen molar-refractivity contribution in [3.8, 4) is 0 Å². The van der Waals surface area contributed by atoms with Crippen molar-refractivity contribution in [1.82, 2.24) is 0 Å². The highest BCUT2D eigenvalue weighted by atomic mass is 79.9. The molecule has 86 valence electrons. The summed E-state index contributed by atoms with van der Waals surface area (Å²) >= 11 is 15.0. The van der Waals surface area contributed by atoms with Crippen LogP contribution in [-0.2, 0) is 4.74 Å². The highest BCUT2D eigenvalue weighted by Gasteiger charge is 2.20. The Morgan fingerprint density at radius 1 is 1.14 bits per heavy atom. The van der Waals surface area contributed by atoms with Gasteiger partial charge in [0.1, 0.15) is 0 Å². The number of hydrogen-bond acceptors (Lipinski definition) is 1. The van der Waals surface area contributed by atoms with Crippen LogP contribution < -0.4 is 0 Å². The second kappa shape index (κ2) is 8.20. The number of rotatable bonds is 7. The average Bonchev–Trinajstić information content (AvgIpc) is 2.11. The Labute approximate surface area is 106 Å². The summed E-state index contributed by atoms with van der Waals surface area (Å²) < 4.78 is 5.80. The molecule has 0 N–H and O–H groups in total. The third-order valence-corrected chi connectivity index (χ3v) is 3.84. The van der Waals surface area contributed by atoms with Crippen molar-refractivity contribution < 1.29 is 4.74 Å². The Kier molecular flexibility index (Phi) is 8.80. The van der Waals surface area contributed by atoms with Crippen LogP contribution in [0.3, 0.4) is 0 Å². The average molecular weight is 306 g/mol. The molecule has 0 aliphatic heterocycles. The Morgan fingerprint density at radius 2 is 1.71 bits per heavy atom. The van der Waals surface area contributed by atoms with E-state index in [1.165, 1.54) is 0 Å². The van der Waals surface area contributed by atoms with Crippen molar-refractivity contribution in [2.75, 3.05) is 11.8 Å². The highest BCUT2D eigenvalue weighted by molar-refractivity contribution is 9.09. The first kappa shape index (κ1) is 15.0. The molecule has 0 aliphatic carbocycles. The molecule has 0 amide bonds. The van der Waals surface area contributed by atoms with E-state index < -0.39 is 0 Å². The normalized spacial score (nSPS) is 18.2. The van der Waals surface area contributed by atoms with Crippen molar-refractivity contribution in [3.63, 3.8) is 0 Å². The summed E-state index contributed by atoms with van der Waals surface area (Å²) in [5.41, 5.74) is 0. The maximum atomic E-state index is 5.81. The number of hydrogen-bond donors (Lipinski definition) is 0. The Balaban J connectivity index is 3.91. The number of ether oxygens (including phenoxy) is 1. The van der Waals surface area contributed by atoms with E-state index in [1.807, 2.05) is 0 Å². The molecule has 0 saturated heterocycles. The van der Waals surface area contributed by atoms with E-state index in [0.29, 0.717) is 17.7 Å².